The Labute approximate surface area is 180 Å². The van der Waals surface area contributed by atoms with E-state index >= 15 is 0 Å². The number of pyridine rings is 1. The molecule has 2 N–H and O–H groups in total. The molecule has 0 spiro atoms. The van der Waals surface area contributed by atoms with Crippen LogP contribution in [0, 0.1) is 0 Å². The van der Waals surface area contributed by atoms with Crippen molar-refractivity contribution in [3.05, 3.63) is 66.8 Å². The molecule has 0 saturated carbocycles. The molecule has 0 unspecified atom stereocenters. The number of benzene rings is 1. The van der Waals surface area contributed by atoms with Gasteiger partial charge >= 0.3 is 6.43 Å². The van der Waals surface area contributed by atoms with Gasteiger partial charge in [-0.15, -0.1) is 0 Å². The summed E-state index contributed by atoms with van der Waals surface area (Å²) in [6, 6.07) is 9.43. The Kier molecular flexibility index (Phi) is 5.72. The highest BCUT2D eigenvalue weighted by Crippen LogP contribution is 2.29. The molecular formula is C21H18F2N6OS. The summed E-state index contributed by atoms with van der Waals surface area (Å²) >= 11 is 1.44. The average Bonchev–Trinajstić information content (AvgIpc) is 3.37. The number of ether oxygens (including phenoxy) is 1. The standard InChI is InChI=1S/C21H18F2N6OS/c1-12(30-20(25-2)19(22)23)14-3-5-16(26-8-14)11-29-10-15(9-27-29)13-4-6-17-18(7-13)31-21(24)28-17/h3-10,19H,1,11H2,2H3,(H2,24,28). The van der Waals surface area contributed by atoms with Crippen molar-refractivity contribution in [3.63, 3.8) is 0 Å². The Balaban J connectivity index is 1.45. The Morgan fingerprint density at radius 3 is 2.81 bits per heavy atom. The van der Waals surface area contributed by atoms with Crippen molar-refractivity contribution in [1.82, 2.24) is 19.7 Å². The molecule has 0 fully saturated rings. The van der Waals surface area contributed by atoms with E-state index in [0.717, 1.165) is 27.0 Å². The molecular weight excluding hydrogens is 422 g/mol. The van der Waals surface area contributed by atoms with Gasteiger partial charge in [0.05, 0.1) is 28.7 Å². The van der Waals surface area contributed by atoms with Crippen LogP contribution in [0.3, 0.4) is 0 Å². The van der Waals surface area contributed by atoms with Crippen LogP contribution in [0.2, 0.25) is 0 Å². The minimum absolute atomic E-state index is 0.0559. The van der Waals surface area contributed by atoms with Gasteiger partial charge in [0.25, 0.3) is 5.90 Å². The van der Waals surface area contributed by atoms with Gasteiger partial charge in [0.1, 0.15) is 5.76 Å². The number of halogens is 2. The molecule has 0 aliphatic heterocycles. The summed E-state index contributed by atoms with van der Waals surface area (Å²) in [7, 11) is 1.24. The maximum atomic E-state index is 12.8. The molecule has 3 aromatic heterocycles. The van der Waals surface area contributed by atoms with Gasteiger partial charge in [-0.3, -0.25) is 14.7 Å². The van der Waals surface area contributed by atoms with Gasteiger partial charge in [0.15, 0.2) is 5.13 Å². The first kappa shape index (κ1) is 20.6. The first-order chi connectivity index (χ1) is 14.9. The van der Waals surface area contributed by atoms with Crippen molar-refractivity contribution in [2.45, 2.75) is 13.0 Å². The van der Waals surface area contributed by atoms with E-state index in [-0.39, 0.29) is 5.76 Å². The van der Waals surface area contributed by atoms with Crippen LogP contribution in [0.15, 0.2) is 60.5 Å². The summed E-state index contributed by atoms with van der Waals surface area (Å²) in [5.74, 6) is -0.627. The van der Waals surface area contributed by atoms with Crippen LogP contribution in [0.25, 0.3) is 27.1 Å². The molecule has 4 aromatic rings. The zero-order chi connectivity index (χ0) is 22.0. The summed E-state index contributed by atoms with van der Waals surface area (Å²) in [4.78, 5) is 12.0. The fraction of sp³-hybridized carbons (Fsp3) is 0.143. The predicted octanol–water partition coefficient (Wildman–Crippen LogP) is 4.47. The molecule has 0 bridgehead atoms. The van der Waals surface area contributed by atoms with Crippen molar-refractivity contribution >= 4 is 38.3 Å². The van der Waals surface area contributed by atoms with Crippen LogP contribution in [0.1, 0.15) is 11.3 Å². The van der Waals surface area contributed by atoms with E-state index in [2.05, 4.69) is 26.6 Å². The molecule has 158 valence electrons. The Hall–Kier alpha value is -3.66. The van der Waals surface area contributed by atoms with Crippen LogP contribution < -0.4 is 5.73 Å². The normalized spacial score (nSPS) is 11.9. The van der Waals surface area contributed by atoms with Crippen LogP contribution in [-0.4, -0.2) is 39.1 Å². The highest BCUT2D eigenvalue weighted by atomic mass is 32.1. The predicted molar refractivity (Wildman–Crippen MR) is 118 cm³/mol. The lowest BCUT2D eigenvalue weighted by molar-refractivity contribution is 0.196. The zero-order valence-corrected chi connectivity index (χ0v) is 17.3. The van der Waals surface area contributed by atoms with Gasteiger partial charge in [-0.05, 0) is 29.8 Å². The van der Waals surface area contributed by atoms with E-state index in [1.807, 2.05) is 24.4 Å². The number of nitrogens with zero attached hydrogens (tertiary/aromatic N) is 5. The van der Waals surface area contributed by atoms with Crippen molar-refractivity contribution in [2.75, 3.05) is 12.8 Å². The molecule has 0 radical (unpaired) electrons. The number of nitrogen functional groups attached to an aromatic ring is 1. The van der Waals surface area contributed by atoms with Crippen molar-refractivity contribution in [2.24, 2.45) is 4.99 Å². The quantitative estimate of drug-likeness (QED) is 0.271. The van der Waals surface area contributed by atoms with Gasteiger partial charge < -0.3 is 10.5 Å². The first-order valence-electron chi connectivity index (χ1n) is 9.18. The summed E-state index contributed by atoms with van der Waals surface area (Å²) in [5.41, 5.74) is 9.87. The number of aliphatic imine (C=N–C) groups is 1. The molecule has 0 aliphatic rings. The topological polar surface area (TPSA) is 91.2 Å². The highest BCUT2D eigenvalue weighted by molar-refractivity contribution is 7.22. The molecule has 0 atom stereocenters. The molecule has 1 aromatic carbocycles. The lowest BCUT2D eigenvalue weighted by Crippen LogP contribution is -2.14. The molecule has 10 heteroatoms. The number of anilines is 1. The van der Waals surface area contributed by atoms with E-state index in [4.69, 9.17) is 10.5 Å². The van der Waals surface area contributed by atoms with Crippen LogP contribution in [0.5, 0.6) is 0 Å². The second-order valence-electron chi connectivity index (χ2n) is 6.59. The summed E-state index contributed by atoms with van der Waals surface area (Å²) < 4.78 is 33.3. The summed E-state index contributed by atoms with van der Waals surface area (Å²) in [6.07, 6.45) is 2.42. The molecule has 4 rings (SSSR count). The Bertz CT molecular complexity index is 1260. The maximum Gasteiger partial charge on any atom is 0.312 e. The van der Waals surface area contributed by atoms with Gasteiger partial charge in [-0.2, -0.15) is 13.9 Å². The van der Waals surface area contributed by atoms with Crippen molar-refractivity contribution in [1.29, 1.82) is 0 Å². The van der Waals surface area contributed by atoms with Gasteiger partial charge in [0, 0.05) is 30.6 Å². The van der Waals surface area contributed by atoms with Gasteiger partial charge in [-0.1, -0.05) is 24.0 Å². The molecule has 0 amide bonds. The Morgan fingerprint density at radius 1 is 1.26 bits per heavy atom. The van der Waals surface area contributed by atoms with E-state index in [1.165, 1.54) is 24.6 Å². The number of thiazole rings is 1. The smallest absolute Gasteiger partial charge is 0.312 e. The lowest BCUT2D eigenvalue weighted by Gasteiger charge is -2.10. The molecule has 0 saturated heterocycles. The van der Waals surface area contributed by atoms with Gasteiger partial charge in [-0.25, -0.2) is 4.98 Å². The fourth-order valence-electron chi connectivity index (χ4n) is 2.94. The van der Waals surface area contributed by atoms with Crippen molar-refractivity contribution in [3.8, 4) is 11.1 Å². The Morgan fingerprint density at radius 2 is 2.10 bits per heavy atom. The summed E-state index contributed by atoms with van der Waals surface area (Å²) in [5, 5.41) is 4.94. The third kappa shape index (κ3) is 4.58. The third-order valence-electron chi connectivity index (χ3n) is 4.48. The van der Waals surface area contributed by atoms with E-state index in [9.17, 15) is 8.78 Å². The number of nitrogens with two attached hydrogens (primary N) is 1. The number of fused-ring (bicyclic) bond motifs is 1. The summed E-state index contributed by atoms with van der Waals surface area (Å²) in [6.45, 7) is 4.11. The van der Waals surface area contributed by atoms with Crippen molar-refractivity contribution < 1.29 is 13.5 Å². The molecule has 7 nitrogen and oxygen atoms in total. The second-order valence-corrected chi connectivity index (χ2v) is 7.65. The van der Waals surface area contributed by atoms with E-state index < -0.39 is 12.3 Å². The largest absolute Gasteiger partial charge is 0.438 e. The van der Waals surface area contributed by atoms with E-state index in [1.54, 1.807) is 23.0 Å². The average molecular weight is 440 g/mol. The number of hydrogen-bond acceptors (Lipinski definition) is 7. The second kappa shape index (κ2) is 8.60. The van der Waals surface area contributed by atoms with Crippen LogP contribution in [-0.2, 0) is 11.3 Å². The third-order valence-corrected chi connectivity index (χ3v) is 5.32. The van der Waals surface area contributed by atoms with Crippen LogP contribution >= 0.6 is 11.3 Å². The zero-order valence-electron chi connectivity index (χ0n) is 16.5. The highest BCUT2D eigenvalue weighted by Gasteiger charge is 2.16. The van der Waals surface area contributed by atoms with E-state index in [0.29, 0.717) is 17.2 Å². The monoisotopic (exact) mass is 440 g/mol. The number of aromatic nitrogens is 4. The SMILES string of the molecule is C=C(OC(=NC)C(F)F)c1ccc(Cn2cc(-c3ccc4nc(N)sc4c3)cn2)nc1. The number of rotatable bonds is 6. The lowest BCUT2D eigenvalue weighted by atomic mass is 10.1. The number of hydrogen-bond donors (Lipinski definition) is 1. The minimum Gasteiger partial charge on any atom is -0.438 e. The fourth-order valence-corrected chi connectivity index (χ4v) is 3.72. The van der Waals surface area contributed by atoms with Gasteiger partial charge in [0.2, 0.25) is 0 Å². The maximum absolute atomic E-state index is 12.8. The molecule has 31 heavy (non-hydrogen) atoms. The number of alkyl halides is 2. The first-order valence-corrected chi connectivity index (χ1v) is 10.0. The van der Waals surface area contributed by atoms with Crippen LogP contribution in [0.4, 0.5) is 13.9 Å². The molecule has 0 aliphatic carbocycles. The molecule has 3 heterocycles. The minimum atomic E-state index is -2.81.